The molecule has 1 aromatic heterocycles. The van der Waals surface area contributed by atoms with E-state index in [0.717, 1.165) is 11.4 Å². The second-order valence-corrected chi connectivity index (χ2v) is 6.14. The molecule has 0 saturated carbocycles. The van der Waals surface area contributed by atoms with Crippen molar-refractivity contribution >= 4 is 23.7 Å². The summed E-state index contributed by atoms with van der Waals surface area (Å²) in [6.45, 7) is 11.3. The first-order chi connectivity index (χ1) is 11.9. The van der Waals surface area contributed by atoms with E-state index in [1.807, 2.05) is 29.9 Å². The van der Waals surface area contributed by atoms with Crippen molar-refractivity contribution in [2.75, 3.05) is 26.8 Å². The molecule has 0 aromatic carbocycles. The van der Waals surface area contributed by atoms with Crippen molar-refractivity contribution in [1.29, 1.82) is 0 Å². The fourth-order valence-corrected chi connectivity index (χ4v) is 3.36. The van der Waals surface area contributed by atoms with Gasteiger partial charge in [0.05, 0.1) is 19.7 Å². The maximum atomic E-state index is 13.0. The number of likely N-dealkylation sites (N-methyl/N-ethyl adjacent to an activating group) is 1. The van der Waals surface area contributed by atoms with E-state index in [0.29, 0.717) is 31.5 Å². The molecule has 2 aliphatic heterocycles. The highest BCUT2D eigenvalue weighted by Gasteiger charge is 2.53. The van der Waals surface area contributed by atoms with Crippen LogP contribution in [0.15, 0.2) is 17.6 Å². The van der Waals surface area contributed by atoms with Gasteiger partial charge in [-0.15, -0.1) is 0 Å². The number of urea groups is 1. The summed E-state index contributed by atoms with van der Waals surface area (Å²) in [7, 11) is 1.65. The van der Waals surface area contributed by atoms with Crippen molar-refractivity contribution in [3.05, 3.63) is 24.0 Å². The predicted molar refractivity (Wildman–Crippen MR) is 91.8 cm³/mol. The number of rotatable bonds is 6. The number of aliphatic imine (C=N–C) groups is 1. The molecular weight excluding hydrogens is 322 g/mol. The molecule has 0 aliphatic carbocycles. The van der Waals surface area contributed by atoms with Gasteiger partial charge in [0.25, 0.3) is 5.91 Å². The van der Waals surface area contributed by atoms with E-state index in [2.05, 4.69) is 11.6 Å². The largest absolute Gasteiger partial charge is 0.402 e. The Kier molecular flexibility index (Phi) is 4.47. The molecule has 1 aromatic rings. The van der Waals surface area contributed by atoms with Gasteiger partial charge in [0.2, 0.25) is 11.9 Å². The third-order valence-corrected chi connectivity index (χ3v) is 4.80. The number of carbonyl (C=O) groups is 2. The van der Waals surface area contributed by atoms with E-state index >= 15 is 0 Å². The molecule has 1 fully saturated rings. The number of aromatic nitrogens is 2. The van der Waals surface area contributed by atoms with E-state index in [1.165, 1.54) is 9.80 Å². The molecule has 1 saturated heterocycles. The SMILES string of the molecule is C=CC[n+]1c(C)c(C)n2c1N=C1C2C(=O)N(CCOCC)C(=O)N1C. The zero-order valence-electron chi connectivity index (χ0n) is 15.2. The molecule has 8 heteroatoms. The number of amidine groups is 1. The van der Waals surface area contributed by atoms with Crippen LogP contribution in [0.5, 0.6) is 0 Å². The Morgan fingerprint density at radius 3 is 2.72 bits per heavy atom. The number of amides is 3. The fraction of sp³-hybridized carbons (Fsp3) is 0.529. The number of carbonyl (C=O) groups excluding carboxylic acids is 2. The second-order valence-electron chi connectivity index (χ2n) is 6.14. The van der Waals surface area contributed by atoms with Crippen molar-refractivity contribution in [3.63, 3.8) is 0 Å². The molecule has 25 heavy (non-hydrogen) atoms. The zero-order chi connectivity index (χ0) is 18.3. The van der Waals surface area contributed by atoms with Gasteiger partial charge in [-0.05, 0) is 20.8 Å². The summed E-state index contributed by atoms with van der Waals surface area (Å²) in [6.07, 6.45) is 1.79. The molecule has 2 aliphatic rings. The molecule has 0 bridgehead atoms. The van der Waals surface area contributed by atoms with Gasteiger partial charge in [0.15, 0.2) is 0 Å². The molecule has 0 N–H and O–H groups in total. The van der Waals surface area contributed by atoms with Crippen LogP contribution < -0.4 is 4.57 Å². The molecule has 3 heterocycles. The summed E-state index contributed by atoms with van der Waals surface area (Å²) in [5.41, 5.74) is 1.99. The summed E-state index contributed by atoms with van der Waals surface area (Å²) < 4.78 is 9.22. The maximum absolute atomic E-state index is 13.0. The molecule has 1 atom stereocenters. The maximum Gasteiger partial charge on any atom is 0.402 e. The molecule has 0 radical (unpaired) electrons. The topological polar surface area (TPSA) is 71.0 Å². The minimum Gasteiger partial charge on any atom is -0.380 e. The van der Waals surface area contributed by atoms with Crippen LogP contribution in [0.3, 0.4) is 0 Å². The highest BCUT2D eigenvalue weighted by atomic mass is 16.5. The van der Waals surface area contributed by atoms with Crippen molar-refractivity contribution in [1.82, 2.24) is 14.4 Å². The predicted octanol–water partition coefficient (Wildman–Crippen LogP) is 1.09. The number of imidazole rings is 1. The van der Waals surface area contributed by atoms with Crippen LogP contribution in [0.25, 0.3) is 0 Å². The lowest BCUT2D eigenvalue weighted by Crippen LogP contribution is -2.58. The summed E-state index contributed by atoms with van der Waals surface area (Å²) in [6, 6.07) is -0.973. The highest BCUT2D eigenvalue weighted by Crippen LogP contribution is 2.34. The van der Waals surface area contributed by atoms with Gasteiger partial charge in [-0.3, -0.25) is 14.6 Å². The summed E-state index contributed by atoms with van der Waals surface area (Å²) in [5, 5.41) is 0. The lowest BCUT2D eigenvalue weighted by molar-refractivity contribution is -0.679. The number of hydrogen-bond donors (Lipinski definition) is 0. The number of nitrogens with zero attached hydrogens (tertiary/aromatic N) is 5. The fourth-order valence-electron chi connectivity index (χ4n) is 3.36. The average Bonchev–Trinajstić information content (AvgIpc) is 3.08. The van der Waals surface area contributed by atoms with Gasteiger partial charge in [-0.2, -0.15) is 0 Å². The molecule has 8 nitrogen and oxygen atoms in total. The van der Waals surface area contributed by atoms with Gasteiger partial charge >= 0.3 is 12.0 Å². The molecule has 1 unspecified atom stereocenters. The van der Waals surface area contributed by atoms with Crippen LogP contribution in [0.1, 0.15) is 24.4 Å². The van der Waals surface area contributed by atoms with Gasteiger partial charge in [0.1, 0.15) is 11.4 Å². The van der Waals surface area contributed by atoms with Gasteiger partial charge in [0, 0.05) is 13.7 Å². The quantitative estimate of drug-likeness (QED) is 0.440. The van der Waals surface area contributed by atoms with E-state index in [4.69, 9.17) is 4.74 Å². The molecule has 0 spiro atoms. The van der Waals surface area contributed by atoms with Crippen molar-refractivity contribution in [2.24, 2.45) is 4.99 Å². The lowest BCUT2D eigenvalue weighted by atomic mass is 10.1. The van der Waals surface area contributed by atoms with Crippen LogP contribution in [-0.4, -0.2) is 58.9 Å². The first-order valence-electron chi connectivity index (χ1n) is 8.41. The van der Waals surface area contributed by atoms with E-state index < -0.39 is 6.04 Å². The highest BCUT2D eigenvalue weighted by molar-refractivity contribution is 6.20. The Balaban J connectivity index is 2.03. The number of ether oxygens (including phenoxy) is 1. The van der Waals surface area contributed by atoms with Crippen molar-refractivity contribution in [2.45, 2.75) is 33.4 Å². The Hall–Kier alpha value is -2.48. The smallest absolute Gasteiger partial charge is 0.380 e. The van der Waals surface area contributed by atoms with E-state index in [9.17, 15) is 9.59 Å². The Bertz CT molecular complexity index is 780. The van der Waals surface area contributed by atoms with Crippen molar-refractivity contribution in [3.8, 4) is 0 Å². The first kappa shape index (κ1) is 17.3. The van der Waals surface area contributed by atoms with Gasteiger partial charge < -0.3 is 4.74 Å². The Morgan fingerprint density at radius 2 is 2.08 bits per heavy atom. The Labute approximate surface area is 147 Å². The molecule has 3 amide bonds. The monoisotopic (exact) mass is 346 g/mol. The van der Waals surface area contributed by atoms with Gasteiger partial charge in [-0.25, -0.2) is 13.9 Å². The van der Waals surface area contributed by atoms with Crippen LogP contribution in [0.2, 0.25) is 0 Å². The average molecular weight is 346 g/mol. The summed E-state index contributed by atoms with van der Waals surface area (Å²) in [4.78, 5) is 32.9. The molecule has 134 valence electrons. The molecular formula is C17H24N5O3+. The normalized spacial score (nSPS) is 19.2. The van der Waals surface area contributed by atoms with Crippen LogP contribution in [0.4, 0.5) is 10.7 Å². The van der Waals surface area contributed by atoms with E-state index in [1.54, 1.807) is 13.1 Å². The van der Waals surface area contributed by atoms with Crippen molar-refractivity contribution < 1.29 is 18.9 Å². The number of fused-ring (bicyclic) bond motifs is 3. The standard InChI is InChI=1S/C17H24N5O3/c1-6-8-20-11(3)12(4)22-13-14(18-16(20)22)19(5)17(24)21(15(13)23)9-10-25-7-2/h6,13H,1,7-10H2,2-5H3/q+1. The Morgan fingerprint density at radius 1 is 1.36 bits per heavy atom. The third kappa shape index (κ3) is 2.48. The molecule has 3 rings (SSSR count). The van der Waals surface area contributed by atoms with Crippen LogP contribution >= 0.6 is 0 Å². The number of imide groups is 1. The van der Waals surface area contributed by atoms with Crippen LogP contribution in [0, 0.1) is 13.8 Å². The lowest BCUT2D eigenvalue weighted by Gasteiger charge is -2.33. The van der Waals surface area contributed by atoms with E-state index in [-0.39, 0.29) is 18.5 Å². The second kappa shape index (κ2) is 6.44. The first-order valence-corrected chi connectivity index (χ1v) is 8.41. The minimum atomic E-state index is -0.607. The van der Waals surface area contributed by atoms with Gasteiger partial charge in [-0.1, -0.05) is 17.6 Å². The van der Waals surface area contributed by atoms with Crippen LogP contribution in [-0.2, 0) is 16.1 Å². The minimum absolute atomic E-state index is 0.237. The zero-order valence-corrected chi connectivity index (χ0v) is 15.2. The summed E-state index contributed by atoms with van der Waals surface area (Å²) in [5.74, 6) is 0.886. The number of allylic oxidation sites excluding steroid dienone is 1. The number of hydrogen-bond acceptors (Lipinski definition) is 4. The summed E-state index contributed by atoms with van der Waals surface area (Å²) >= 11 is 0. The third-order valence-electron chi connectivity index (χ3n) is 4.80.